The van der Waals surface area contributed by atoms with Crippen molar-refractivity contribution in [3.63, 3.8) is 0 Å². The number of carboxylic acids is 1. The largest absolute Gasteiger partial charge is 0.618 e. The molecule has 0 saturated carbocycles. The number of para-hydroxylation sites is 1. The lowest BCUT2D eigenvalue weighted by Gasteiger charge is -2.05. The van der Waals surface area contributed by atoms with Gasteiger partial charge in [0.2, 0.25) is 5.52 Å². The van der Waals surface area contributed by atoms with Gasteiger partial charge in [0, 0.05) is 11.5 Å². The number of aromatic nitrogens is 1. The third-order valence-electron chi connectivity index (χ3n) is 1.98. The predicted octanol–water partition coefficient (Wildman–Crippen LogP) is -0.163. The molecule has 0 atom stereocenters. The molecule has 2 rings (SSSR count). The number of rotatable bonds is 1. The molecule has 2 aromatic rings. The standard InChI is InChI=1S/C10H7NO3/c12-10(13)8-5-7-3-1-2-4-9(7)11(14)6-8/h1-6H,(H,12,13)/p-1. The van der Waals surface area contributed by atoms with Crippen molar-refractivity contribution in [2.45, 2.75) is 0 Å². The molecule has 4 nitrogen and oxygen atoms in total. The van der Waals surface area contributed by atoms with Crippen molar-refractivity contribution in [3.05, 3.63) is 47.3 Å². The summed E-state index contributed by atoms with van der Waals surface area (Å²) in [5, 5.41) is 22.5. The summed E-state index contributed by atoms with van der Waals surface area (Å²) in [5.74, 6) is -1.35. The summed E-state index contributed by atoms with van der Waals surface area (Å²) in [6.07, 6.45) is 0.998. The number of carboxylic acid groups (broad SMARTS) is 1. The van der Waals surface area contributed by atoms with E-state index >= 15 is 0 Å². The summed E-state index contributed by atoms with van der Waals surface area (Å²) in [6, 6.07) is 8.17. The molecule has 70 valence electrons. The van der Waals surface area contributed by atoms with Crippen molar-refractivity contribution in [2.24, 2.45) is 0 Å². The minimum atomic E-state index is -1.35. The normalized spacial score (nSPS) is 10.3. The van der Waals surface area contributed by atoms with E-state index in [-0.39, 0.29) is 5.56 Å². The molecule has 0 fully saturated rings. The number of nitrogens with zero attached hydrogens (tertiary/aromatic N) is 1. The van der Waals surface area contributed by atoms with E-state index < -0.39 is 5.97 Å². The van der Waals surface area contributed by atoms with Crippen molar-refractivity contribution in [1.29, 1.82) is 0 Å². The minimum Gasteiger partial charge on any atom is -0.618 e. The molecular formula is C10H6NO3-. The van der Waals surface area contributed by atoms with E-state index in [4.69, 9.17) is 0 Å². The molecule has 14 heavy (non-hydrogen) atoms. The highest BCUT2D eigenvalue weighted by Gasteiger charge is 2.05. The van der Waals surface area contributed by atoms with Crippen molar-refractivity contribution >= 4 is 16.9 Å². The summed E-state index contributed by atoms with van der Waals surface area (Å²) in [5.41, 5.74) is 0.330. The lowest BCUT2D eigenvalue weighted by Crippen LogP contribution is -2.31. The highest BCUT2D eigenvalue weighted by Crippen LogP contribution is 2.10. The van der Waals surface area contributed by atoms with E-state index in [0.717, 1.165) is 6.20 Å². The summed E-state index contributed by atoms with van der Waals surface area (Å²) in [4.78, 5) is 10.5. The summed E-state index contributed by atoms with van der Waals surface area (Å²) in [7, 11) is 0. The lowest BCUT2D eigenvalue weighted by atomic mass is 10.1. The third-order valence-corrected chi connectivity index (χ3v) is 1.98. The summed E-state index contributed by atoms with van der Waals surface area (Å²) < 4.78 is 0.528. The first-order chi connectivity index (χ1) is 6.68. The molecule has 0 aliphatic rings. The Balaban J connectivity index is 2.78. The molecule has 0 N–H and O–H groups in total. The highest BCUT2D eigenvalue weighted by molar-refractivity contribution is 5.89. The van der Waals surface area contributed by atoms with Crippen LogP contribution in [0.25, 0.3) is 10.9 Å². The summed E-state index contributed by atoms with van der Waals surface area (Å²) >= 11 is 0. The Morgan fingerprint density at radius 3 is 2.71 bits per heavy atom. The highest BCUT2D eigenvalue weighted by atomic mass is 16.5. The van der Waals surface area contributed by atoms with Gasteiger partial charge in [-0.05, 0) is 12.1 Å². The quantitative estimate of drug-likeness (QED) is 0.461. The predicted molar refractivity (Wildman–Crippen MR) is 47.2 cm³/mol. The maximum atomic E-state index is 11.3. The molecule has 0 aliphatic heterocycles. The number of aromatic carboxylic acids is 1. The van der Waals surface area contributed by atoms with Gasteiger partial charge in [-0.2, -0.15) is 4.73 Å². The van der Waals surface area contributed by atoms with E-state index in [1.165, 1.54) is 6.07 Å². The molecule has 0 unspecified atom stereocenters. The Morgan fingerprint density at radius 2 is 2.00 bits per heavy atom. The number of hydrogen-bond acceptors (Lipinski definition) is 3. The van der Waals surface area contributed by atoms with Gasteiger partial charge < -0.3 is 15.1 Å². The monoisotopic (exact) mass is 188 g/mol. The number of pyridine rings is 1. The smallest absolute Gasteiger partial charge is 0.223 e. The van der Waals surface area contributed by atoms with Crippen LogP contribution in [0.15, 0.2) is 36.5 Å². The van der Waals surface area contributed by atoms with E-state index in [2.05, 4.69) is 0 Å². The fraction of sp³-hybridized carbons (Fsp3) is 0. The average Bonchev–Trinajstić information content (AvgIpc) is 2.17. The topological polar surface area (TPSA) is 67.1 Å². The van der Waals surface area contributed by atoms with Crippen molar-refractivity contribution < 1.29 is 14.6 Å². The van der Waals surface area contributed by atoms with Gasteiger partial charge in [-0.25, -0.2) is 0 Å². The number of fused-ring (bicyclic) bond motifs is 1. The third kappa shape index (κ3) is 1.26. The molecule has 0 saturated heterocycles. The zero-order valence-corrected chi connectivity index (χ0v) is 7.14. The molecule has 0 spiro atoms. The van der Waals surface area contributed by atoms with Crippen LogP contribution in [0, 0.1) is 5.21 Å². The van der Waals surface area contributed by atoms with Gasteiger partial charge in [0.15, 0.2) is 6.20 Å². The van der Waals surface area contributed by atoms with Crippen LogP contribution in [0.5, 0.6) is 0 Å². The first-order valence-electron chi connectivity index (χ1n) is 4.02. The van der Waals surface area contributed by atoms with Gasteiger partial charge in [0.05, 0.1) is 11.5 Å². The van der Waals surface area contributed by atoms with E-state index in [1.54, 1.807) is 24.3 Å². The Bertz CT molecular complexity index is 508. The Kier molecular flexibility index (Phi) is 1.81. The van der Waals surface area contributed by atoms with Crippen molar-refractivity contribution in [3.8, 4) is 0 Å². The first-order valence-corrected chi connectivity index (χ1v) is 4.02. The van der Waals surface area contributed by atoms with Crippen molar-refractivity contribution in [1.82, 2.24) is 0 Å². The van der Waals surface area contributed by atoms with Gasteiger partial charge >= 0.3 is 0 Å². The second-order valence-corrected chi connectivity index (χ2v) is 2.90. The Hall–Kier alpha value is -2.10. The second-order valence-electron chi connectivity index (χ2n) is 2.90. The summed E-state index contributed by atoms with van der Waals surface area (Å²) in [6.45, 7) is 0. The maximum absolute atomic E-state index is 11.3. The van der Waals surface area contributed by atoms with Crippen LogP contribution in [-0.4, -0.2) is 5.97 Å². The average molecular weight is 188 g/mol. The molecule has 1 aromatic heterocycles. The molecule has 1 heterocycles. The first kappa shape index (κ1) is 8.50. The van der Waals surface area contributed by atoms with E-state index in [1.807, 2.05) is 0 Å². The zero-order valence-electron chi connectivity index (χ0n) is 7.14. The lowest BCUT2D eigenvalue weighted by molar-refractivity contribution is -0.577. The van der Waals surface area contributed by atoms with Crippen LogP contribution in [-0.2, 0) is 0 Å². The molecule has 0 aliphatic carbocycles. The zero-order chi connectivity index (χ0) is 10.1. The fourth-order valence-corrected chi connectivity index (χ4v) is 1.32. The number of carbonyl (C=O) groups excluding carboxylic acids is 1. The van der Waals surface area contributed by atoms with Gasteiger partial charge in [-0.1, -0.05) is 12.1 Å². The minimum absolute atomic E-state index is 0.112. The molecule has 1 aromatic carbocycles. The van der Waals surface area contributed by atoms with E-state index in [9.17, 15) is 15.1 Å². The molecule has 0 radical (unpaired) electrons. The molecule has 4 heteroatoms. The fourth-order valence-electron chi connectivity index (χ4n) is 1.32. The second kappa shape index (κ2) is 2.99. The van der Waals surface area contributed by atoms with Crippen LogP contribution in [0.2, 0.25) is 0 Å². The molecule has 0 amide bonds. The van der Waals surface area contributed by atoms with Crippen LogP contribution in [0.4, 0.5) is 0 Å². The number of carbonyl (C=O) groups is 1. The molecular weight excluding hydrogens is 182 g/mol. The van der Waals surface area contributed by atoms with Gasteiger partial charge in [-0.3, -0.25) is 0 Å². The Labute approximate surface area is 79.6 Å². The number of benzene rings is 1. The van der Waals surface area contributed by atoms with Gasteiger partial charge in [0.25, 0.3) is 0 Å². The molecule has 0 bridgehead atoms. The van der Waals surface area contributed by atoms with E-state index in [0.29, 0.717) is 15.6 Å². The SMILES string of the molecule is O=C([O-])c1cc2ccccc2[n+]([O-])c1. The van der Waals surface area contributed by atoms with Crippen LogP contribution >= 0.6 is 0 Å². The van der Waals surface area contributed by atoms with Gasteiger partial charge in [0.1, 0.15) is 0 Å². The van der Waals surface area contributed by atoms with Gasteiger partial charge in [-0.15, -0.1) is 0 Å². The number of hydrogen-bond donors (Lipinski definition) is 0. The van der Waals surface area contributed by atoms with Crippen LogP contribution in [0.3, 0.4) is 0 Å². The van der Waals surface area contributed by atoms with Crippen molar-refractivity contribution in [2.75, 3.05) is 0 Å². The van der Waals surface area contributed by atoms with Crippen LogP contribution in [0.1, 0.15) is 10.4 Å². The van der Waals surface area contributed by atoms with Crippen LogP contribution < -0.4 is 9.84 Å². The Morgan fingerprint density at radius 1 is 1.29 bits per heavy atom. The maximum Gasteiger partial charge on any atom is 0.223 e.